The molecule has 1 aliphatic heterocycles. The minimum absolute atomic E-state index is 0.00241. The number of nitro groups is 1. The molecule has 1 aliphatic rings. The number of aromatic amines is 1. The predicted molar refractivity (Wildman–Crippen MR) is 128 cm³/mol. The molecule has 0 atom stereocenters. The third-order valence-electron chi connectivity index (χ3n) is 6.46. The van der Waals surface area contributed by atoms with E-state index in [0.29, 0.717) is 6.54 Å². The van der Waals surface area contributed by atoms with Crippen LogP contribution in [0.25, 0.3) is 22.5 Å². The molecule has 0 spiro atoms. The molecule has 11 heteroatoms. The van der Waals surface area contributed by atoms with E-state index in [1.807, 2.05) is 7.05 Å². The van der Waals surface area contributed by atoms with E-state index in [9.17, 15) is 33.2 Å². The molecule has 8 nitrogen and oxygen atoms in total. The minimum Gasteiger partial charge on any atom is -0.478 e. The van der Waals surface area contributed by atoms with Crippen molar-refractivity contribution in [1.82, 2.24) is 14.8 Å². The van der Waals surface area contributed by atoms with E-state index < -0.39 is 22.6 Å². The molecule has 0 saturated carbocycles. The highest BCUT2D eigenvalue weighted by molar-refractivity contribution is 6.01. The summed E-state index contributed by atoms with van der Waals surface area (Å²) in [5.74, 6) is -1.37. The highest BCUT2D eigenvalue weighted by Crippen LogP contribution is 2.42. The molecular formula is C25H25F3N4O4. The highest BCUT2D eigenvalue weighted by atomic mass is 19.4. The molecule has 36 heavy (non-hydrogen) atoms. The maximum atomic E-state index is 13.9. The van der Waals surface area contributed by atoms with Gasteiger partial charge in [-0.1, -0.05) is 30.3 Å². The summed E-state index contributed by atoms with van der Waals surface area (Å²) in [7, 11) is 2.00. The summed E-state index contributed by atoms with van der Waals surface area (Å²) in [6.45, 7) is 3.57. The number of para-hydroxylation sites is 1. The number of rotatable bonds is 7. The number of carboxylic acid groups (broad SMARTS) is 1. The van der Waals surface area contributed by atoms with Gasteiger partial charge < -0.3 is 19.9 Å². The van der Waals surface area contributed by atoms with Crippen LogP contribution in [0.2, 0.25) is 0 Å². The van der Waals surface area contributed by atoms with Gasteiger partial charge in [-0.25, -0.2) is 4.79 Å². The van der Waals surface area contributed by atoms with Gasteiger partial charge in [-0.05, 0) is 31.2 Å². The minimum atomic E-state index is -4.68. The van der Waals surface area contributed by atoms with E-state index in [4.69, 9.17) is 0 Å². The number of piperazine rings is 1. The average Bonchev–Trinajstić information content (AvgIpc) is 3.22. The number of aromatic carboxylic acids is 1. The Morgan fingerprint density at radius 1 is 1.03 bits per heavy atom. The molecule has 3 aromatic rings. The number of hydrogen-bond acceptors (Lipinski definition) is 5. The van der Waals surface area contributed by atoms with E-state index >= 15 is 0 Å². The van der Waals surface area contributed by atoms with Crippen LogP contribution in [0.15, 0.2) is 48.5 Å². The monoisotopic (exact) mass is 502 g/mol. The van der Waals surface area contributed by atoms with E-state index in [2.05, 4.69) is 14.8 Å². The van der Waals surface area contributed by atoms with E-state index in [-0.39, 0.29) is 45.7 Å². The number of halogens is 3. The number of carbonyl (C=O) groups is 1. The van der Waals surface area contributed by atoms with Crippen LogP contribution in [0, 0.1) is 10.1 Å². The third kappa shape index (κ3) is 5.12. The van der Waals surface area contributed by atoms with Crippen molar-refractivity contribution in [3.63, 3.8) is 0 Å². The van der Waals surface area contributed by atoms with Crippen LogP contribution in [-0.4, -0.2) is 70.6 Å². The first-order chi connectivity index (χ1) is 17.1. The van der Waals surface area contributed by atoms with Crippen molar-refractivity contribution >= 4 is 11.7 Å². The Balaban J connectivity index is 1.91. The van der Waals surface area contributed by atoms with Gasteiger partial charge in [0.05, 0.1) is 33.0 Å². The first-order valence-corrected chi connectivity index (χ1v) is 11.4. The molecule has 0 amide bonds. The fourth-order valence-corrected chi connectivity index (χ4v) is 4.59. The van der Waals surface area contributed by atoms with E-state index in [0.717, 1.165) is 32.2 Å². The molecule has 190 valence electrons. The predicted octanol–water partition coefficient (Wildman–Crippen LogP) is 4.76. The Hall–Kier alpha value is -3.70. The van der Waals surface area contributed by atoms with Crippen LogP contribution in [0.1, 0.15) is 21.5 Å². The molecule has 0 unspecified atom stereocenters. The summed E-state index contributed by atoms with van der Waals surface area (Å²) in [6, 6.07) is 10.5. The number of nitro benzene ring substituents is 1. The maximum Gasteiger partial charge on any atom is 0.417 e. The van der Waals surface area contributed by atoms with E-state index in [1.54, 1.807) is 0 Å². The van der Waals surface area contributed by atoms with Crippen molar-refractivity contribution in [3.8, 4) is 22.5 Å². The molecule has 1 saturated heterocycles. The van der Waals surface area contributed by atoms with Gasteiger partial charge in [0.1, 0.15) is 0 Å². The second kappa shape index (κ2) is 10.1. The number of H-pyrrole nitrogens is 1. The quantitative estimate of drug-likeness (QED) is 0.357. The van der Waals surface area contributed by atoms with Gasteiger partial charge in [-0.15, -0.1) is 0 Å². The van der Waals surface area contributed by atoms with Gasteiger partial charge in [-0.2, -0.15) is 13.2 Å². The summed E-state index contributed by atoms with van der Waals surface area (Å²) in [5.41, 5.74) is -1.63. The Kier molecular flexibility index (Phi) is 7.14. The lowest BCUT2D eigenvalue weighted by molar-refractivity contribution is -0.384. The van der Waals surface area contributed by atoms with Gasteiger partial charge in [0.15, 0.2) is 0 Å². The zero-order valence-electron chi connectivity index (χ0n) is 19.5. The molecule has 0 aliphatic carbocycles. The normalized spacial score (nSPS) is 15.2. The Morgan fingerprint density at radius 3 is 2.25 bits per heavy atom. The zero-order valence-corrected chi connectivity index (χ0v) is 19.5. The Labute approximate surface area is 205 Å². The van der Waals surface area contributed by atoms with Crippen LogP contribution in [0.3, 0.4) is 0 Å². The average molecular weight is 502 g/mol. The van der Waals surface area contributed by atoms with Crippen molar-refractivity contribution in [2.24, 2.45) is 0 Å². The number of hydrogen-bond donors (Lipinski definition) is 2. The van der Waals surface area contributed by atoms with Gasteiger partial charge in [-0.3, -0.25) is 10.1 Å². The largest absolute Gasteiger partial charge is 0.478 e. The van der Waals surface area contributed by atoms with Crippen LogP contribution < -0.4 is 0 Å². The smallest absolute Gasteiger partial charge is 0.417 e. The molecule has 2 heterocycles. The Bertz CT molecular complexity index is 1280. The number of nitrogens with zero attached hydrogens (tertiary/aromatic N) is 3. The second-order valence-electron chi connectivity index (χ2n) is 8.75. The fraction of sp³-hybridized carbons (Fsp3) is 0.320. The molecule has 2 aromatic carbocycles. The number of benzene rings is 2. The van der Waals surface area contributed by atoms with Gasteiger partial charge in [0.2, 0.25) is 0 Å². The van der Waals surface area contributed by atoms with Crippen molar-refractivity contribution < 1.29 is 28.0 Å². The van der Waals surface area contributed by atoms with Crippen molar-refractivity contribution in [3.05, 3.63) is 75.3 Å². The highest BCUT2D eigenvalue weighted by Gasteiger charge is 2.36. The lowest BCUT2D eigenvalue weighted by atomic mass is 9.96. The Morgan fingerprint density at radius 2 is 1.64 bits per heavy atom. The van der Waals surface area contributed by atoms with E-state index in [1.165, 1.54) is 42.5 Å². The lowest BCUT2D eigenvalue weighted by Crippen LogP contribution is -2.45. The zero-order chi connectivity index (χ0) is 26.0. The lowest BCUT2D eigenvalue weighted by Gasteiger charge is -2.32. The van der Waals surface area contributed by atoms with Crippen LogP contribution in [-0.2, 0) is 12.6 Å². The molecule has 1 fully saturated rings. The summed E-state index contributed by atoms with van der Waals surface area (Å²) < 4.78 is 41.7. The van der Waals surface area contributed by atoms with Crippen molar-refractivity contribution in [2.45, 2.75) is 12.6 Å². The molecule has 0 radical (unpaired) electrons. The first-order valence-electron chi connectivity index (χ1n) is 11.4. The van der Waals surface area contributed by atoms with Crippen LogP contribution >= 0.6 is 0 Å². The maximum absolute atomic E-state index is 13.9. The number of aromatic nitrogens is 1. The number of carboxylic acids is 1. The summed E-state index contributed by atoms with van der Waals surface area (Å²) in [5, 5.41) is 21.8. The third-order valence-corrected chi connectivity index (χ3v) is 6.46. The van der Waals surface area contributed by atoms with Crippen molar-refractivity contribution in [1.29, 1.82) is 0 Å². The van der Waals surface area contributed by atoms with Crippen LogP contribution in [0.5, 0.6) is 0 Å². The summed E-state index contributed by atoms with van der Waals surface area (Å²) in [6.07, 6.45) is -4.53. The van der Waals surface area contributed by atoms with Gasteiger partial charge in [0.25, 0.3) is 5.69 Å². The first kappa shape index (κ1) is 25.4. The number of likely N-dealkylation sites (N-methyl/N-ethyl adjacent to an activating group) is 1. The molecule has 2 N–H and O–H groups in total. The number of alkyl halides is 3. The molecule has 1 aromatic heterocycles. The molecular weight excluding hydrogens is 477 g/mol. The molecule has 4 rings (SSSR count). The summed E-state index contributed by atoms with van der Waals surface area (Å²) >= 11 is 0. The topological polar surface area (TPSA) is 103 Å². The van der Waals surface area contributed by atoms with Gasteiger partial charge >= 0.3 is 12.1 Å². The second-order valence-corrected chi connectivity index (χ2v) is 8.75. The fourth-order valence-electron chi connectivity index (χ4n) is 4.59. The summed E-state index contributed by atoms with van der Waals surface area (Å²) in [4.78, 5) is 30.7. The van der Waals surface area contributed by atoms with Crippen LogP contribution in [0.4, 0.5) is 18.9 Å². The SMILES string of the molecule is CN1CCN(CCc2c(-c3ccccc3C(F)(F)F)[nH]c(-c3ccccc3[N+](=O)[O-])c2C(=O)O)CC1. The standard InChI is InChI=1S/C25H25F3N4O4/c1-30-12-14-31(15-13-30)11-10-18-21(24(33)34)23(17-7-3-5-9-20(17)32(35)36)29-22(18)16-6-2-4-8-19(16)25(26,27)28/h2-9,29H,10-15H2,1H3,(H,33,34). The van der Waals surface area contributed by atoms with Gasteiger partial charge in [0, 0.05) is 44.4 Å². The number of nitrogens with one attached hydrogen (secondary N) is 1. The van der Waals surface area contributed by atoms with Crippen molar-refractivity contribution in [2.75, 3.05) is 39.8 Å². The molecule has 0 bridgehead atoms.